The van der Waals surface area contributed by atoms with Crippen LogP contribution in [-0.4, -0.2) is 18.0 Å². The molecule has 0 atom stereocenters. The van der Waals surface area contributed by atoms with E-state index in [2.05, 4.69) is 0 Å². The Labute approximate surface area is 140 Å². The number of aryl methyl sites for hydroxylation is 2. The number of aromatic hydroxyl groups is 1. The number of furan rings is 1. The molecule has 0 saturated heterocycles. The van der Waals surface area contributed by atoms with Gasteiger partial charge in [0.1, 0.15) is 17.1 Å². The van der Waals surface area contributed by atoms with Crippen molar-refractivity contribution in [1.82, 2.24) is 0 Å². The zero-order chi connectivity index (χ0) is 17.3. The van der Waals surface area contributed by atoms with E-state index >= 15 is 0 Å². The van der Waals surface area contributed by atoms with Gasteiger partial charge in [0.15, 0.2) is 5.78 Å². The van der Waals surface area contributed by atoms with Crippen LogP contribution < -0.4 is 4.74 Å². The second-order valence-corrected chi connectivity index (χ2v) is 5.66. The van der Waals surface area contributed by atoms with E-state index in [-0.39, 0.29) is 17.1 Å². The van der Waals surface area contributed by atoms with E-state index in [1.807, 2.05) is 31.2 Å². The van der Waals surface area contributed by atoms with E-state index in [1.54, 1.807) is 32.4 Å². The standard InChI is InChI=1S/C20H18O4/c1-12-11-24-20-13(2)19(22)17(10-16(12)20)18(21)9-6-14-4-7-15(23-3)8-5-14/h4-11,22H,1-3H3/b9-6+. The third-order valence-corrected chi connectivity index (χ3v) is 4.07. The Morgan fingerprint density at radius 1 is 1.21 bits per heavy atom. The van der Waals surface area contributed by atoms with Crippen LogP contribution in [0.25, 0.3) is 17.0 Å². The van der Waals surface area contributed by atoms with E-state index in [0.717, 1.165) is 22.3 Å². The summed E-state index contributed by atoms with van der Waals surface area (Å²) in [4.78, 5) is 12.5. The predicted octanol–water partition coefficient (Wildman–Crippen LogP) is 4.66. The van der Waals surface area contributed by atoms with Crippen molar-refractivity contribution >= 4 is 22.8 Å². The van der Waals surface area contributed by atoms with Gasteiger partial charge in [0.05, 0.1) is 18.9 Å². The molecule has 0 spiro atoms. The number of phenolic OH excluding ortho intramolecular Hbond substituents is 1. The number of methoxy groups -OCH3 is 1. The fourth-order valence-corrected chi connectivity index (χ4v) is 2.61. The summed E-state index contributed by atoms with van der Waals surface area (Å²) in [5, 5.41) is 11.1. The van der Waals surface area contributed by atoms with Gasteiger partial charge in [-0.2, -0.15) is 0 Å². The van der Waals surface area contributed by atoms with E-state index in [9.17, 15) is 9.90 Å². The number of fused-ring (bicyclic) bond motifs is 1. The maximum Gasteiger partial charge on any atom is 0.189 e. The molecule has 1 N–H and O–H groups in total. The molecule has 0 saturated carbocycles. The van der Waals surface area contributed by atoms with Gasteiger partial charge in [-0.1, -0.05) is 18.2 Å². The number of benzene rings is 2. The SMILES string of the molecule is COc1ccc(/C=C/C(=O)c2cc3c(C)coc3c(C)c2O)cc1. The molecule has 0 amide bonds. The third kappa shape index (κ3) is 2.78. The van der Waals surface area contributed by atoms with Crippen LogP contribution in [0.15, 0.2) is 47.1 Å². The summed E-state index contributed by atoms with van der Waals surface area (Å²) in [7, 11) is 1.60. The minimum absolute atomic E-state index is 0.0405. The highest BCUT2D eigenvalue weighted by atomic mass is 16.5. The van der Waals surface area contributed by atoms with Crippen molar-refractivity contribution in [2.75, 3.05) is 7.11 Å². The number of hydrogen-bond donors (Lipinski definition) is 1. The molecule has 4 nitrogen and oxygen atoms in total. The lowest BCUT2D eigenvalue weighted by Crippen LogP contribution is -1.97. The van der Waals surface area contributed by atoms with Crippen molar-refractivity contribution in [2.24, 2.45) is 0 Å². The van der Waals surface area contributed by atoms with Crippen molar-refractivity contribution in [3.63, 3.8) is 0 Å². The van der Waals surface area contributed by atoms with Crippen LogP contribution in [0.3, 0.4) is 0 Å². The van der Waals surface area contributed by atoms with E-state index in [4.69, 9.17) is 9.15 Å². The number of carbonyl (C=O) groups excluding carboxylic acids is 1. The Morgan fingerprint density at radius 2 is 1.92 bits per heavy atom. The lowest BCUT2D eigenvalue weighted by Gasteiger charge is -2.06. The van der Waals surface area contributed by atoms with Gasteiger partial charge in [-0.3, -0.25) is 4.79 Å². The maximum atomic E-state index is 12.5. The van der Waals surface area contributed by atoms with Crippen LogP contribution >= 0.6 is 0 Å². The Balaban J connectivity index is 1.94. The normalized spacial score (nSPS) is 11.3. The van der Waals surface area contributed by atoms with Gasteiger partial charge in [-0.05, 0) is 49.2 Å². The molecule has 24 heavy (non-hydrogen) atoms. The first kappa shape index (κ1) is 15.9. The molecule has 0 aliphatic heterocycles. The largest absolute Gasteiger partial charge is 0.507 e. The quantitative estimate of drug-likeness (QED) is 0.560. The zero-order valence-corrected chi connectivity index (χ0v) is 13.8. The number of carbonyl (C=O) groups is 1. The fraction of sp³-hybridized carbons (Fsp3) is 0.150. The summed E-state index contributed by atoms with van der Waals surface area (Å²) < 4.78 is 10.5. The van der Waals surface area contributed by atoms with Crippen molar-refractivity contribution < 1.29 is 19.1 Å². The molecule has 0 bridgehead atoms. The first-order valence-electron chi connectivity index (χ1n) is 7.58. The molecule has 3 aromatic rings. The molecule has 0 radical (unpaired) electrons. The van der Waals surface area contributed by atoms with Crippen molar-refractivity contribution in [1.29, 1.82) is 0 Å². The van der Waals surface area contributed by atoms with E-state index in [0.29, 0.717) is 11.1 Å². The van der Waals surface area contributed by atoms with Gasteiger partial charge in [-0.25, -0.2) is 0 Å². The lowest BCUT2D eigenvalue weighted by atomic mass is 10.0. The van der Waals surface area contributed by atoms with Crippen molar-refractivity contribution in [2.45, 2.75) is 13.8 Å². The fourth-order valence-electron chi connectivity index (χ4n) is 2.61. The van der Waals surface area contributed by atoms with Crippen LogP contribution in [0.2, 0.25) is 0 Å². The number of phenols is 1. The first-order valence-corrected chi connectivity index (χ1v) is 7.58. The second kappa shape index (κ2) is 6.24. The van der Waals surface area contributed by atoms with Gasteiger partial charge in [0.25, 0.3) is 0 Å². The van der Waals surface area contributed by atoms with Crippen LogP contribution in [-0.2, 0) is 0 Å². The summed E-state index contributed by atoms with van der Waals surface area (Å²) in [6.45, 7) is 3.65. The molecule has 2 aromatic carbocycles. The molecule has 3 rings (SSSR count). The lowest BCUT2D eigenvalue weighted by molar-refractivity contribution is 0.104. The third-order valence-electron chi connectivity index (χ3n) is 4.07. The average Bonchev–Trinajstić information content (AvgIpc) is 2.97. The Hall–Kier alpha value is -3.01. The molecule has 0 aliphatic rings. The highest BCUT2D eigenvalue weighted by Gasteiger charge is 2.17. The number of rotatable bonds is 4. The Bertz CT molecular complexity index is 930. The van der Waals surface area contributed by atoms with E-state index < -0.39 is 0 Å². The minimum Gasteiger partial charge on any atom is -0.507 e. The summed E-state index contributed by atoms with van der Waals surface area (Å²) in [6.07, 6.45) is 4.79. The average molecular weight is 322 g/mol. The molecule has 0 aliphatic carbocycles. The van der Waals surface area contributed by atoms with Gasteiger partial charge >= 0.3 is 0 Å². The zero-order valence-electron chi connectivity index (χ0n) is 13.8. The summed E-state index contributed by atoms with van der Waals surface area (Å²) in [5.74, 6) is 0.461. The molecular weight excluding hydrogens is 304 g/mol. The molecular formula is C20H18O4. The summed E-state index contributed by atoms with van der Waals surface area (Å²) >= 11 is 0. The van der Waals surface area contributed by atoms with Crippen molar-refractivity contribution in [3.8, 4) is 11.5 Å². The monoisotopic (exact) mass is 322 g/mol. The number of hydrogen-bond acceptors (Lipinski definition) is 4. The first-order chi connectivity index (χ1) is 11.5. The van der Waals surface area contributed by atoms with E-state index in [1.165, 1.54) is 6.08 Å². The number of ether oxygens (including phenoxy) is 1. The highest BCUT2D eigenvalue weighted by Crippen LogP contribution is 2.33. The van der Waals surface area contributed by atoms with Crippen LogP contribution in [0.1, 0.15) is 27.0 Å². The molecule has 0 unspecified atom stereocenters. The predicted molar refractivity (Wildman–Crippen MR) is 93.7 cm³/mol. The maximum absolute atomic E-state index is 12.5. The number of ketones is 1. The van der Waals surface area contributed by atoms with Gasteiger partial charge in [-0.15, -0.1) is 0 Å². The van der Waals surface area contributed by atoms with Crippen LogP contribution in [0.4, 0.5) is 0 Å². The highest BCUT2D eigenvalue weighted by molar-refractivity contribution is 6.11. The minimum atomic E-state index is -0.256. The molecule has 122 valence electrons. The van der Waals surface area contributed by atoms with Gasteiger partial charge < -0.3 is 14.3 Å². The molecule has 4 heteroatoms. The second-order valence-electron chi connectivity index (χ2n) is 5.66. The van der Waals surface area contributed by atoms with Gasteiger partial charge in [0.2, 0.25) is 0 Å². The summed E-state index contributed by atoms with van der Waals surface area (Å²) in [6, 6.07) is 9.05. The smallest absolute Gasteiger partial charge is 0.189 e. The Morgan fingerprint density at radius 3 is 2.58 bits per heavy atom. The molecule has 0 fully saturated rings. The van der Waals surface area contributed by atoms with Crippen molar-refractivity contribution in [3.05, 3.63) is 64.9 Å². The van der Waals surface area contributed by atoms with Crippen LogP contribution in [0, 0.1) is 13.8 Å². The van der Waals surface area contributed by atoms with Gasteiger partial charge in [0, 0.05) is 10.9 Å². The Kier molecular flexibility index (Phi) is 4.13. The molecule has 1 heterocycles. The number of allylic oxidation sites excluding steroid dienone is 1. The van der Waals surface area contributed by atoms with Crippen LogP contribution in [0.5, 0.6) is 11.5 Å². The topological polar surface area (TPSA) is 59.7 Å². The molecule has 1 aromatic heterocycles. The summed E-state index contributed by atoms with van der Waals surface area (Å²) in [5.41, 5.74) is 3.26.